The highest BCUT2D eigenvalue weighted by molar-refractivity contribution is 5.12. The Balaban J connectivity index is 2.12. The largest absolute Gasteiger partial charge is 0.328 e. The average molecular weight is 237 g/mol. The molecular formula is C9H11F4N3. The summed E-state index contributed by atoms with van der Waals surface area (Å²) in [7, 11) is 0. The quantitative estimate of drug-likeness (QED) is 0.804. The number of nitrogens with one attached hydrogen (secondary N) is 1. The minimum atomic E-state index is -4.01. The van der Waals surface area contributed by atoms with Gasteiger partial charge in [0.1, 0.15) is 0 Å². The van der Waals surface area contributed by atoms with E-state index >= 15 is 0 Å². The van der Waals surface area contributed by atoms with Crippen LogP contribution in [0.1, 0.15) is 11.6 Å². The second-order valence-corrected chi connectivity index (χ2v) is 3.86. The normalized spacial score (nSPS) is 17.8. The van der Waals surface area contributed by atoms with Crippen LogP contribution in [0.15, 0.2) is 12.5 Å². The zero-order chi connectivity index (χ0) is 11.8. The Labute approximate surface area is 89.5 Å². The molecule has 1 saturated heterocycles. The van der Waals surface area contributed by atoms with Gasteiger partial charge in [-0.2, -0.15) is 8.78 Å². The molecule has 0 aromatic carbocycles. The third-order valence-corrected chi connectivity index (χ3v) is 2.64. The second-order valence-electron chi connectivity index (χ2n) is 3.86. The predicted molar refractivity (Wildman–Crippen MR) is 48.8 cm³/mol. The maximum atomic E-state index is 12.9. The van der Waals surface area contributed by atoms with Crippen LogP contribution in [0, 0.1) is 0 Å². The smallest absolute Gasteiger partial charge is 0.324 e. The molecule has 3 nitrogen and oxygen atoms in total. The van der Waals surface area contributed by atoms with E-state index in [0.717, 1.165) is 4.57 Å². The molecule has 0 amide bonds. The molecule has 1 aromatic rings. The van der Waals surface area contributed by atoms with Gasteiger partial charge in [-0.05, 0) is 0 Å². The Kier molecular flexibility index (Phi) is 2.88. The van der Waals surface area contributed by atoms with E-state index in [9.17, 15) is 17.6 Å². The lowest BCUT2D eigenvalue weighted by atomic mass is 10.00. The predicted octanol–water partition coefficient (Wildman–Crippen LogP) is 1.47. The van der Waals surface area contributed by atoms with Crippen molar-refractivity contribution in [2.75, 3.05) is 13.1 Å². The van der Waals surface area contributed by atoms with Gasteiger partial charge in [0.2, 0.25) is 0 Å². The van der Waals surface area contributed by atoms with E-state index < -0.39 is 18.9 Å². The topological polar surface area (TPSA) is 29.9 Å². The first-order valence-electron chi connectivity index (χ1n) is 4.87. The zero-order valence-electron chi connectivity index (χ0n) is 8.34. The van der Waals surface area contributed by atoms with Crippen LogP contribution in [-0.4, -0.2) is 35.0 Å². The Hall–Kier alpha value is -1.11. The highest BCUT2D eigenvalue weighted by atomic mass is 19.3. The first-order chi connectivity index (χ1) is 7.50. The van der Waals surface area contributed by atoms with E-state index in [0.29, 0.717) is 18.8 Å². The maximum Gasteiger partial charge on any atom is 0.324 e. The Morgan fingerprint density at radius 2 is 2.19 bits per heavy atom. The molecule has 1 N–H and O–H groups in total. The molecule has 1 aliphatic heterocycles. The van der Waals surface area contributed by atoms with E-state index in [2.05, 4.69) is 10.3 Å². The number of rotatable bonds is 4. The molecule has 1 aliphatic rings. The number of nitrogens with zero attached hydrogens (tertiary/aromatic N) is 2. The van der Waals surface area contributed by atoms with Crippen molar-refractivity contribution in [3.63, 3.8) is 0 Å². The molecule has 7 heteroatoms. The van der Waals surface area contributed by atoms with Crippen LogP contribution >= 0.6 is 0 Å². The van der Waals surface area contributed by atoms with Crippen LogP contribution < -0.4 is 5.32 Å². The molecular weight excluding hydrogens is 226 g/mol. The summed E-state index contributed by atoms with van der Waals surface area (Å²) in [6, 6.07) is 0. The number of imidazole rings is 1. The van der Waals surface area contributed by atoms with Crippen molar-refractivity contribution in [2.45, 2.75) is 24.8 Å². The fourth-order valence-corrected chi connectivity index (χ4v) is 1.60. The lowest BCUT2D eigenvalue weighted by Gasteiger charge is -2.28. The molecule has 2 heterocycles. The zero-order valence-corrected chi connectivity index (χ0v) is 8.34. The standard InChI is InChI=1S/C9H11F4N3/c10-8(11)9(12,13)4-16-5-15-3-7(16)6-1-14-2-6/h3,5-6,8,14H,1-2,4H2. The van der Waals surface area contributed by atoms with Gasteiger partial charge in [0.15, 0.2) is 0 Å². The molecule has 0 saturated carbocycles. The van der Waals surface area contributed by atoms with Crippen LogP contribution in [0.3, 0.4) is 0 Å². The van der Waals surface area contributed by atoms with Gasteiger partial charge in [0.05, 0.1) is 12.9 Å². The molecule has 16 heavy (non-hydrogen) atoms. The highest BCUT2D eigenvalue weighted by Crippen LogP contribution is 2.27. The molecule has 0 unspecified atom stereocenters. The summed E-state index contributed by atoms with van der Waals surface area (Å²) in [6.45, 7) is 0.328. The molecule has 1 aromatic heterocycles. The van der Waals surface area contributed by atoms with E-state index in [-0.39, 0.29) is 5.92 Å². The fraction of sp³-hybridized carbons (Fsp3) is 0.667. The van der Waals surface area contributed by atoms with Gasteiger partial charge >= 0.3 is 12.3 Å². The van der Waals surface area contributed by atoms with Crippen LogP contribution in [0.2, 0.25) is 0 Å². The van der Waals surface area contributed by atoms with Crippen molar-refractivity contribution in [1.29, 1.82) is 0 Å². The Morgan fingerprint density at radius 3 is 2.69 bits per heavy atom. The van der Waals surface area contributed by atoms with Crippen molar-refractivity contribution >= 4 is 0 Å². The molecule has 2 rings (SSSR count). The number of hydrogen-bond donors (Lipinski definition) is 1. The Bertz CT molecular complexity index is 359. The van der Waals surface area contributed by atoms with Gasteiger partial charge in [-0.3, -0.25) is 0 Å². The Morgan fingerprint density at radius 1 is 1.50 bits per heavy atom. The summed E-state index contributed by atoms with van der Waals surface area (Å²) in [6.07, 6.45) is -1.03. The number of halogens is 4. The van der Waals surface area contributed by atoms with Gasteiger partial charge in [-0.1, -0.05) is 0 Å². The summed E-state index contributed by atoms with van der Waals surface area (Å²) < 4.78 is 50.9. The highest BCUT2D eigenvalue weighted by Gasteiger charge is 2.41. The van der Waals surface area contributed by atoms with Crippen molar-refractivity contribution in [2.24, 2.45) is 0 Å². The van der Waals surface area contributed by atoms with Gasteiger partial charge in [0.25, 0.3) is 0 Å². The second kappa shape index (κ2) is 4.04. The van der Waals surface area contributed by atoms with Crippen LogP contribution in [0.5, 0.6) is 0 Å². The fourth-order valence-electron chi connectivity index (χ4n) is 1.60. The average Bonchev–Trinajstić information content (AvgIpc) is 2.49. The van der Waals surface area contributed by atoms with Gasteiger partial charge < -0.3 is 9.88 Å². The van der Waals surface area contributed by atoms with Gasteiger partial charge in [-0.15, -0.1) is 0 Å². The monoisotopic (exact) mass is 237 g/mol. The van der Waals surface area contributed by atoms with Crippen molar-refractivity contribution in [3.8, 4) is 0 Å². The molecule has 0 atom stereocenters. The summed E-state index contributed by atoms with van der Waals surface area (Å²) in [5, 5.41) is 2.99. The van der Waals surface area contributed by atoms with Gasteiger partial charge in [-0.25, -0.2) is 13.8 Å². The molecule has 0 aliphatic carbocycles. The summed E-state index contributed by atoms with van der Waals surface area (Å²) >= 11 is 0. The minimum absolute atomic E-state index is 0.0935. The lowest BCUT2D eigenvalue weighted by molar-refractivity contribution is -0.138. The SMILES string of the molecule is FC(F)C(F)(F)Cn1cncc1C1CNC1. The van der Waals surface area contributed by atoms with E-state index in [1.54, 1.807) is 0 Å². The van der Waals surface area contributed by atoms with E-state index in [1.165, 1.54) is 12.5 Å². The summed E-state index contributed by atoms with van der Waals surface area (Å²) in [5.74, 6) is -3.91. The summed E-state index contributed by atoms with van der Waals surface area (Å²) in [4.78, 5) is 3.73. The van der Waals surface area contributed by atoms with Crippen LogP contribution in [-0.2, 0) is 6.54 Å². The molecule has 0 bridgehead atoms. The third kappa shape index (κ3) is 2.04. The molecule has 0 radical (unpaired) electrons. The number of alkyl halides is 4. The molecule has 90 valence electrons. The lowest BCUT2D eigenvalue weighted by Crippen LogP contribution is -2.42. The van der Waals surface area contributed by atoms with Crippen LogP contribution in [0.4, 0.5) is 17.6 Å². The number of aromatic nitrogens is 2. The van der Waals surface area contributed by atoms with Crippen molar-refractivity contribution in [3.05, 3.63) is 18.2 Å². The van der Waals surface area contributed by atoms with Crippen molar-refractivity contribution < 1.29 is 17.6 Å². The van der Waals surface area contributed by atoms with E-state index in [1.807, 2.05) is 0 Å². The van der Waals surface area contributed by atoms with Gasteiger partial charge in [0, 0.05) is 30.9 Å². The molecule has 0 spiro atoms. The third-order valence-electron chi connectivity index (χ3n) is 2.64. The minimum Gasteiger partial charge on any atom is -0.328 e. The molecule has 1 fully saturated rings. The first kappa shape index (κ1) is 11.4. The maximum absolute atomic E-state index is 12.9. The number of hydrogen-bond acceptors (Lipinski definition) is 2. The summed E-state index contributed by atoms with van der Waals surface area (Å²) in [5.41, 5.74) is 0.582. The van der Waals surface area contributed by atoms with Crippen LogP contribution in [0.25, 0.3) is 0 Å². The first-order valence-corrected chi connectivity index (χ1v) is 4.87. The van der Waals surface area contributed by atoms with Crippen molar-refractivity contribution in [1.82, 2.24) is 14.9 Å². The van der Waals surface area contributed by atoms with E-state index in [4.69, 9.17) is 0 Å².